The number of hydrogen-bond acceptors (Lipinski definition) is 4. The second-order valence-electron chi connectivity index (χ2n) is 5.39. The summed E-state index contributed by atoms with van der Waals surface area (Å²) >= 11 is 0. The van der Waals surface area contributed by atoms with Crippen molar-refractivity contribution in [3.05, 3.63) is 30.3 Å². The fourth-order valence-corrected chi connectivity index (χ4v) is 2.59. The molecule has 0 bridgehead atoms. The Kier molecular flexibility index (Phi) is 2.81. The zero-order valence-corrected chi connectivity index (χ0v) is 11.0. The van der Waals surface area contributed by atoms with Gasteiger partial charge in [0.15, 0.2) is 0 Å². The number of fused-ring (bicyclic) bond motifs is 1. The van der Waals surface area contributed by atoms with E-state index in [-0.39, 0.29) is 0 Å². The molecule has 1 saturated heterocycles. The van der Waals surface area contributed by atoms with Crippen LogP contribution in [-0.4, -0.2) is 34.1 Å². The van der Waals surface area contributed by atoms with Crippen LogP contribution in [0.4, 0.5) is 10.1 Å². The molecule has 3 heterocycles. The van der Waals surface area contributed by atoms with E-state index in [1.54, 1.807) is 19.2 Å². The number of carbonyl (C=O) groups is 1. The van der Waals surface area contributed by atoms with Crippen LogP contribution in [0, 0.1) is 11.2 Å². The van der Waals surface area contributed by atoms with Gasteiger partial charge in [-0.2, -0.15) is 0 Å². The summed E-state index contributed by atoms with van der Waals surface area (Å²) in [5.74, 6) is -1.23. The predicted molar refractivity (Wildman–Crippen MR) is 72.1 cm³/mol. The van der Waals surface area contributed by atoms with Crippen molar-refractivity contribution in [3.8, 4) is 0 Å². The first kappa shape index (κ1) is 12.8. The Balaban J connectivity index is 2.02. The molecule has 104 valence electrons. The van der Waals surface area contributed by atoms with E-state index in [9.17, 15) is 14.3 Å². The van der Waals surface area contributed by atoms with Crippen LogP contribution in [0.15, 0.2) is 24.5 Å². The maximum atomic E-state index is 13.2. The molecular formula is C14H14FN3O2. The molecule has 1 fully saturated rings. The van der Waals surface area contributed by atoms with E-state index >= 15 is 0 Å². The number of carboxylic acid groups (broad SMARTS) is 1. The smallest absolute Gasteiger partial charge is 0.311 e. The largest absolute Gasteiger partial charge is 0.481 e. The minimum Gasteiger partial charge on any atom is -0.481 e. The molecule has 2 aromatic heterocycles. The molecular weight excluding hydrogens is 261 g/mol. The molecule has 1 unspecified atom stereocenters. The van der Waals surface area contributed by atoms with Gasteiger partial charge in [0.2, 0.25) is 0 Å². The first-order chi connectivity index (χ1) is 9.49. The predicted octanol–water partition coefficient (Wildman–Crippen LogP) is 2.07. The highest BCUT2D eigenvalue weighted by atomic mass is 19.1. The van der Waals surface area contributed by atoms with Crippen LogP contribution in [0.3, 0.4) is 0 Å². The van der Waals surface area contributed by atoms with E-state index in [4.69, 9.17) is 0 Å². The van der Waals surface area contributed by atoms with Gasteiger partial charge in [0, 0.05) is 25.4 Å². The monoisotopic (exact) mass is 275 g/mol. The maximum Gasteiger partial charge on any atom is 0.311 e. The van der Waals surface area contributed by atoms with E-state index in [1.165, 1.54) is 6.07 Å². The van der Waals surface area contributed by atoms with Crippen LogP contribution in [0.25, 0.3) is 11.0 Å². The topological polar surface area (TPSA) is 66.3 Å². The van der Waals surface area contributed by atoms with Gasteiger partial charge in [-0.15, -0.1) is 0 Å². The Morgan fingerprint density at radius 1 is 1.50 bits per heavy atom. The van der Waals surface area contributed by atoms with Gasteiger partial charge in [-0.3, -0.25) is 9.78 Å². The highest BCUT2D eigenvalue weighted by molar-refractivity contribution is 5.88. The summed E-state index contributed by atoms with van der Waals surface area (Å²) in [6.07, 6.45) is 3.32. The van der Waals surface area contributed by atoms with E-state index in [2.05, 4.69) is 9.97 Å². The number of halogens is 1. The van der Waals surface area contributed by atoms with Crippen LogP contribution in [-0.2, 0) is 4.79 Å². The molecule has 0 aliphatic carbocycles. The van der Waals surface area contributed by atoms with Crippen LogP contribution >= 0.6 is 0 Å². The third-order valence-electron chi connectivity index (χ3n) is 3.85. The van der Waals surface area contributed by atoms with E-state index in [0.717, 1.165) is 11.9 Å². The fourth-order valence-electron chi connectivity index (χ4n) is 2.59. The van der Waals surface area contributed by atoms with Gasteiger partial charge in [-0.05, 0) is 19.4 Å². The number of anilines is 1. The molecule has 1 aliphatic rings. The molecule has 3 rings (SSSR count). The zero-order chi connectivity index (χ0) is 14.3. The molecule has 0 radical (unpaired) electrons. The lowest BCUT2D eigenvalue weighted by Crippen LogP contribution is -2.31. The van der Waals surface area contributed by atoms with E-state index in [0.29, 0.717) is 30.5 Å². The number of carboxylic acids is 1. The quantitative estimate of drug-likeness (QED) is 0.908. The molecule has 0 spiro atoms. The third-order valence-corrected chi connectivity index (χ3v) is 3.85. The number of hydrogen-bond donors (Lipinski definition) is 1. The molecule has 0 aromatic carbocycles. The number of nitrogens with zero attached hydrogens (tertiary/aromatic N) is 3. The first-order valence-electron chi connectivity index (χ1n) is 6.38. The summed E-state index contributed by atoms with van der Waals surface area (Å²) in [5, 5.41) is 9.28. The molecule has 1 atom stereocenters. The molecule has 2 aromatic rings. The summed E-state index contributed by atoms with van der Waals surface area (Å²) in [4.78, 5) is 21.5. The Bertz CT molecular complexity index is 691. The average Bonchev–Trinajstić information content (AvgIpc) is 2.81. The molecule has 0 saturated carbocycles. The Labute approximate surface area is 115 Å². The van der Waals surface area contributed by atoms with E-state index in [1.807, 2.05) is 4.90 Å². The lowest BCUT2D eigenvalue weighted by Gasteiger charge is -2.22. The van der Waals surface area contributed by atoms with Crippen LogP contribution in [0.2, 0.25) is 0 Å². The van der Waals surface area contributed by atoms with Crippen molar-refractivity contribution in [2.75, 3.05) is 18.0 Å². The highest BCUT2D eigenvalue weighted by Gasteiger charge is 2.41. The number of aliphatic carboxylic acids is 1. The van der Waals surface area contributed by atoms with Gasteiger partial charge in [0.25, 0.3) is 0 Å². The lowest BCUT2D eigenvalue weighted by atomic mass is 9.90. The van der Waals surface area contributed by atoms with Gasteiger partial charge >= 0.3 is 5.97 Å². The summed E-state index contributed by atoms with van der Waals surface area (Å²) in [6.45, 7) is 2.80. The van der Waals surface area contributed by atoms with Crippen LogP contribution in [0.5, 0.6) is 0 Å². The molecule has 20 heavy (non-hydrogen) atoms. The number of aromatic nitrogens is 2. The van der Waals surface area contributed by atoms with Gasteiger partial charge in [0.05, 0.1) is 22.8 Å². The SMILES string of the molecule is CC1(C(=O)O)CCN(c2ccnc3cc(F)cnc23)C1. The van der Waals surface area contributed by atoms with Gasteiger partial charge in [0.1, 0.15) is 11.3 Å². The zero-order valence-electron chi connectivity index (χ0n) is 11.0. The van der Waals surface area contributed by atoms with Gasteiger partial charge in [-0.25, -0.2) is 9.37 Å². The standard InChI is InChI=1S/C14H14FN3O2/c1-14(13(19)20)3-5-18(8-14)11-2-4-16-10-6-9(15)7-17-12(10)11/h2,4,6-7H,3,5,8H2,1H3,(H,19,20). The Morgan fingerprint density at radius 2 is 2.30 bits per heavy atom. The van der Waals surface area contributed by atoms with Crippen molar-refractivity contribution in [1.29, 1.82) is 0 Å². The lowest BCUT2D eigenvalue weighted by molar-refractivity contribution is -0.146. The molecule has 5 nitrogen and oxygen atoms in total. The molecule has 1 N–H and O–H groups in total. The summed E-state index contributed by atoms with van der Waals surface area (Å²) < 4.78 is 13.2. The normalized spacial score (nSPS) is 22.4. The minimum absolute atomic E-state index is 0.417. The maximum absolute atomic E-state index is 13.2. The van der Waals surface area contributed by atoms with Crippen molar-refractivity contribution in [1.82, 2.24) is 9.97 Å². The van der Waals surface area contributed by atoms with Crippen molar-refractivity contribution >= 4 is 22.7 Å². The summed E-state index contributed by atoms with van der Waals surface area (Å²) in [6, 6.07) is 3.12. The van der Waals surface area contributed by atoms with E-state index < -0.39 is 17.2 Å². The minimum atomic E-state index is -0.794. The summed E-state index contributed by atoms with van der Waals surface area (Å²) in [7, 11) is 0. The molecule has 6 heteroatoms. The number of pyridine rings is 2. The second kappa shape index (κ2) is 4.40. The fraction of sp³-hybridized carbons (Fsp3) is 0.357. The average molecular weight is 275 g/mol. The summed E-state index contributed by atoms with van der Waals surface area (Å²) in [5.41, 5.74) is 1.13. The van der Waals surface area contributed by atoms with Gasteiger partial charge < -0.3 is 10.0 Å². The van der Waals surface area contributed by atoms with Crippen molar-refractivity contribution < 1.29 is 14.3 Å². The first-order valence-corrected chi connectivity index (χ1v) is 6.38. The van der Waals surface area contributed by atoms with Crippen molar-refractivity contribution in [2.45, 2.75) is 13.3 Å². The third kappa shape index (κ3) is 1.97. The van der Waals surface area contributed by atoms with Crippen molar-refractivity contribution in [3.63, 3.8) is 0 Å². The van der Waals surface area contributed by atoms with Gasteiger partial charge in [-0.1, -0.05) is 0 Å². The molecule has 0 amide bonds. The van der Waals surface area contributed by atoms with Crippen LogP contribution < -0.4 is 4.90 Å². The van der Waals surface area contributed by atoms with Crippen LogP contribution in [0.1, 0.15) is 13.3 Å². The Hall–Kier alpha value is -2.24. The van der Waals surface area contributed by atoms with Crippen molar-refractivity contribution in [2.24, 2.45) is 5.41 Å². The Morgan fingerprint density at radius 3 is 3.00 bits per heavy atom. The molecule has 1 aliphatic heterocycles. The second-order valence-corrected chi connectivity index (χ2v) is 5.39. The number of rotatable bonds is 2. The highest BCUT2D eigenvalue weighted by Crippen LogP contribution is 2.35.